The SMILES string of the molecule is Cc1ccc(SCCNC(=O)COC(=O)CCc2nc3ccccc3s2)cc1. The molecule has 1 aromatic heterocycles. The Morgan fingerprint density at radius 1 is 1.14 bits per heavy atom. The number of nitrogens with zero attached hydrogens (tertiary/aromatic N) is 1. The molecule has 0 aliphatic carbocycles. The summed E-state index contributed by atoms with van der Waals surface area (Å²) in [6.45, 7) is 2.34. The summed E-state index contributed by atoms with van der Waals surface area (Å²) in [6.07, 6.45) is 0.739. The molecule has 0 atom stereocenters. The van der Waals surface area contributed by atoms with Gasteiger partial charge in [-0.1, -0.05) is 29.8 Å². The second-order valence-electron chi connectivity index (χ2n) is 6.25. The molecule has 0 aliphatic heterocycles. The van der Waals surface area contributed by atoms with Crippen LogP contribution in [0.4, 0.5) is 0 Å². The number of rotatable bonds is 9. The number of ether oxygens (including phenoxy) is 1. The third-order valence-electron chi connectivity index (χ3n) is 3.96. The standard InChI is InChI=1S/C21H22N2O3S2/c1-15-6-8-16(9-7-15)27-13-12-22-19(24)14-26-21(25)11-10-20-23-17-4-2-3-5-18(17)28-20/h2-9H,10-14H2,1H3,(H,22,24). The van der Waals surface area contributed by atoms with Crippen molar-refractivity contribution in [2.24, 2.45) is 0 Å². The Kier molecular flexibility index (Phi) is 7.45. The maximum absolute atomic E-state index is 11.8. The fourth-order valence-electron chi connectivity index (χ4n) is 2.50. The van der Waals surface area contributed by atoms with Gasteiger partial charge >= 0.3 is 5.97 Å². The van der Waals surface area contributed by atoms with Crippen LogP contribution in [0.1, 0.15) is 17.0 Å². The Hall–Kier alpha value is -2.38. The van der Waals surface area contributed by atoms with Crippen molar-refractivity contribution < 1.29 is 14.3 Å². The first-order valence-electron chi connectivity index (χ1n) is 9.06. The van der Waals surface area contributed by atoms with E-state index in [1.165, 1.54) is 10.5 Å². The minimum atomic E-state index is -0.386. The number of esters is 1. The smallest absolute Gasteiger partial charge is 0.306 e. The number of fused-ring (bicyclic) bond motifs is 1. The molecule has 0 unspecified atom stereocenters. The van der Waals surface area contributed by atoms with Crippen molar-refractivity contribution in [1.29, 1.82) is 0 Å². The lowest BCUT2D eigenvalue weighted by atomic mass is 10.2. The lowest BCUT2D eigenvalue weighted by Crippen LogP contribution is -2.30. The lowest BCUT2D eigenvalue weighted by molar-refractivity contribution is -0.148. The van der Waals surface area contributed by atoms with Gasteiger partial charge in [-0.15, -0.1) is 23.1 Å². The van der Waals surface area contributed by atoms with Crippen LogP contribution in [0.3, 0.4) is 0 Å². The van der Waals surface area contributed by atoms with E-state index >= 15 is 0 Å². The highest BCUT2D eigenvalue weighted by atomic mass is 32.2. The molecule has 1 amide bonds. The number of thiazole rings is 1. The van der Waals surface area contributed by atoms with E-state index < -0.39 is 0 Å². The summed E-state index contributed by atoms with van der Waals surface area (Å²) < 4.78 is 6.15. The molecule has 1 N–H and O–H groups in total. The monoisotopic (exact) mass is 414 g/mol. The molecule has 1 heterocycles. The van der Waals surface area contributed by atoms with Gasteiger partial charge in [-0.25, -0.2) is 4.98 Å². The van der Waals surface area contributed by atoms with Gasteiger partial charge < -0.3 is 10.1 Å². The van der Waals surface area contributed by atoms with Crippen LogP contribution < -0.4 is 5.32 Å². The highest BCUT2D eigenvalue weighted by molar-refractivity contribution is 7.99. The summed E-state index contributed by atoms with van der Waals surface area (Å²) in [6, 6.07) is 16.1. The van der Waals surface area contributed by atoms with E-state index in [-0.39, 0.29) is 24.9 Å². The van der Waals surface area contributed by atoms with E-state index in [2.05, 4.69) is 41.5 Å². The van der Waals surface area contributed by atoms with Crippen LogP contribution in [0.2, 0.25) is 0 Å². The van der Waals surface area contributed by atoms with Gasteiger partial charge in [0.05, 0.1) is 21.6 Å². The number of carbonyl (C=O) groups excluding carboxylic acids is 2. The number of aromatic nitrogens is 1. The minimum absolute atomic E-state index is 0.219. The zero-order valence-electron chi connectivity index (χ0n) is 15.6. The van der Waals surface area contributed by atoms with Gasteiger partial charge in [0.1, 0.15) is 0 Å². The summed E-state index contributed by atoms with van der Waals surface area (Å²) in [5, 5.41) is 3.66. The molecule has 7 heteroatoms. The zero-order chi connectivity index (χ0) is 19.8. The van der Waals surface area contributed by atoms with E-state index in [0.717, 1.165) is 21.0 Å². The second kappa shape index (κ2) is 10.2. The van der Waals surface area contributed by atoms with Gasteiger partial charge in [-0.2, -0.15) is 0 Å². The topological polar surface area (TPSA) is 68.3 Å². The number of thioether (sulfide) groups is 1. The molecule has 3 rings (SSSR count). The number of para-hydroxylation sites is 1. The highest BCUT2D eigenvalue weighted by Crippen LogP contribution is 2.22. The average Bonchev–Trinajstić information content (AvgIpc) is 3.12. The van der Waals surface area contributed by atoms with Crippen molar-refractivity contribution in [1.82, 2.24) is 10.3 Å². The molecular formula is C21H22N2O3S2. The van der Waals surface area contributed by atoms with E-state index in [9.17, 15) is 9.59 Å². The van der Waals surface area contributed by atoms with Gasteiger partial charge in [0.2, 0.25) is 0 Å². The normalized spacial score (nSPS) is 10.8. The first kappa shape index (κ1) is 20.4. The van der Waals surface area contributed by atoms with Gasteiger partial charge in [0, 0.05) is 23.6 Å². The zero-order valence-corrected chi connectivity index (χ0v) is 17.3. The molecule has 0 saturated heterocycles. The van der Waals surface area contributed by atoms with E-state index in [1.54, 1.807) is 23.1 Å². The first-order chi connectivity index (χ1) is 13.6. The third-order valence-corrected chi connectivity index (χ3v) is 6.07. The van der Waals surface area contributed by atoms with Crippen LogP contribution in [0.5, 0.6) is 0 Å². The quantitative estimate of drug-likeness (QED) is 0.326. The molecule has 0 spiro atoms. The van der Waals surface area contributed by atoms with Crippen LogP contribution in [0.15, 0.2) is 53.4 Å². The summed E-state index contributed by atoms with van der Waals surface area (Å²) in [5.74, 6) is 0.0988. The van der Waals surface area contributed by atoms with Gasteiger partial charge in [-0.05, 0) is 31.2 Å². The number of hydrogen-bond donors (Lipinski definition) is 1. The maximum atomic E-state index is 11.8. The van der Waals surface area contributed by atoms with Gasteiger partial charge in [-0.3, -0.25) is 9.59 Å². The summed E-state index contributed by atoms with van der Waals surface area (Å²) in [5.41, 5.74) is 2.17. The number of aryl methyl sites for hydroxylation is 2. The Morgan fingerprint density at radius 2 is 1.93 bits per heavy atom. The minimum Gasteiger partial charge on any atom is -0.456 e. The number of nitrogens with one attached hydrogen (secondary N) is 1. The molecule has 0 saturated carbocycles. The Morgan fingerprint density at radius 3 is 2.71 bits per heavy atom. The highest BCUT2D eigenvalue weighted by Gasteiger charge is 2.10. The molecule has 146 valence electrons. The molecule has 0 bridgehead atoms. The van der Waals surface area contributed by atoms with Crippen molar-refractivity contribution in [2.75, 3.05) is 18.9 Å². The van der Waals surface area contributed by atoms with Crippen molar-refractivity contribution in [3.8, 4) is 0 Å². The molecular weight excluding hydrogens is 392 g/mol. The molecule has 5 nitrogen and oxygen atoms in total. The predicted molar refractivity (Wildman–Crippen MR) is 114 cm³/mol. The van der Waals surface area contributed by atoms with Gasteiger partial charge in [0.15, 0.2) is 6.61 Å². The molecule has 0 fully saturated rings. The van der Waals surface area contributed by atoms with E-state index in [1.807, 2.05) is 24.3 Å². The summed E-state index contributed by atoms with van der Waals surface area (Å²) in [7, 11) is 0. The average molecular weight is 415 g/mol. The summed E-state index contributed by atoms with van der Waals surface area (Å²) >= 11 is 3.25. The maximum Gasteiger partial charge on any atom is 0.306 e. The van der Waals surface area contributed by atoms with Crippen LogP contribution in [0, 0.1) is 6.92 Å². The number of amides is 1. The van der Waals surface area contributed by atoms with E-state index in [0.29, 0.717) is 13.0 Å². The molecule has 3 aromatic rings. The predicted octanol–water partition coefficient (Wildman–Crippen LogP) is 3.99. The largest absolute Gasteiger partial charge is 0.456 e. The number of benzene rings is 2. The van der Waals surface area contributed by atoms with Crippen molar-refractivity contribution >= 4 is 45.2 Å². The fraction of sp³-hybridized carbons (Fsp3) is 0.286. The molecule has 2 aromatic carbocycles. The fourth-order valence-corrected chi connectivity index (χ4v) is 4.23. The second-order valence-corrected chi connectivity index (χ2v) is 8.53. The lowest BCUT2D eigenvalue weighted by Gasteiger charge is -2.06. The number of hydrogen-bond acceptors (Lipinski definition) is 6. The Bertz CT molecular complexity index is 905. The van der Waals surface area contributed by atoms with Crippen LogP contribution >= 0.6 is 23.1 Å². The Labute approximate surface area is 172 Å². The van der Waals surface area contributed by atoms with Gasteiger partial charge in [0.25, 0.3) is 5.91 Å². The molecule has 0 radical (unpaired) electrons. The Balaban J connectivity index is 1.29. The third kappa shape index (κ3) is 6.35. The van der Waals surface area contributed by atoms with Crippen molar-refractivity contribution in [2.45, 2.75) is 24.7 Å². The van der Waals surface area contributed by atoms with Crippen molar-refractivity contribution in [3.05, 3.63) is 59.1 Å². The van der Waals surface area contributed by atoms with Crippen LogP contribution in [-0.4, -0.2) is 35.8 Å². The van der Waals surface area contributed by atoms with Crippen LogP contribution in [-0.2, 0) is 20.7 Å². The van der Waals surface area contributed by atoms with Crippen molar-refractivity contribution in [3.63, 3.8) is 0 Å². The molecule has 28 heavy (non-hydrogen) atoms. The van der Waals surface area contributed by atoms with E-state index in [4.69, 9.17) is 4.74 Å². The summed E-state index contributed by atoms with van der Waals surface area (Å²) in [4.78, 5) is 29.3. The van der Waals surface area contributed by atoms with Crippen LogP contribution in [0.25, 0.3) is 10.2 Å². The first-order valence-corrected chi connectivity index (χ1v) is 10.9. The molecule has 0 aliphatic rings. The number of carbonyl (C=O) groups is 2.